The first-order valence-electron chi connectivity index (χ1n) is 6.28. The van der Waals surface area contributed by atoms with Crippen LogP contribution in [0.15, 0.2) is 30.5 Å². The summed E-state index contributed by atoms with van der Waals surface area (Å²) in [5, 5.41) is 4.32. The van der Waals surface area contributed by atoms with E-state index in [2.05, 4.69) is 39.5 Å². The molecule has 1 aromatic heterocycles. The van der Waals surface area contributed by atoms with Crippen molar-refractivity contribution in [1.82, 2.24) is 10.3 Å². The van der Waals surface area contributed by atoms with Gasteiger partial charge in [0.05, 0.1) is 0 Å². The highest BCUT2D eigenvalue weighted by molar-refractivity contribution is 7.15. The van der Waals surface area contributed by atoms with Crippen LogP contribution in [0, 0.1) is 0 Å². The second-order valence-electron chi connectivity index (χ2n) is 4.58. The summed E-state index contributed by atoms with van der Waals surface area (Å²) in [6.07, 6.45) is 3.11. The molecule has 0 fully saturated rings. The highest BCUT2D eigenvalue weighted by atomic mass is 32.1. The summed E-state index contributed by atoms with van der Waals surface area (Å²) in [7, 11) is 1.97. The smallest absolute Gasteiger partial charge is 0.185 e. The molecule has 1 aliphatic heterocycles. The highest BCUT2D eigenvalue weighted by Crippen LogP contribution is 2.27. The molecule has 0 unspecified atom stereocenters. The van der Waals surface area contributed by atoms with Gasteiger partial charge in [0, 0.05) is 30.7 Å². The van der Waals surface area contributed by atoms with Crippen LogP contribution in [0.2, 0.25) is 0 Å². The summed E-state index contributed by atoms with van der Waals surface area (Å²) in [6, 6.07) is 8.71. The van der Waals surface area contributed by atoms with Crippen molar-refractivity contribution in [3.05, 3.63) is 46.5 Å². The molecule has 4 heteroatoms. The topological polar surface area (TPSA) is 28.2 Å². The van der Waals surface area contributed by atoms with Crippen LogP contribution in [0.3, 0.4) is 0 Å². The number of hydrogen-bond acceptors (Lipinski definition) is 4. The minimum Gasteiger partial charge on any atom is -0.343 e. The molecule has 2 aromatic rings. The van der Waals surface area contributed by atoms with Gasteiger partial charge in [-0.25, -0.2) is 4.98 Å². The van der Waals surface area contributed by atoms with Crippen molar-refractivity contribution < 1.29 is 0 Å². The second kappa shape index (κ2) is 5.08. The van der Waals surface area contributed by atoms with E-state index >= 15 is 0 Å². The molecular weight excluding hydrogens is 242 g/mol. The first-order valence-corrected chi connectivity index (χ1v) is 7.09. The minimum atomic E-state index is 0.905. The van der Waals surface area contributed by atoms with Crippen LogP contribution in [0.25, 0.3) is 0 Å². The molecule has 18 heavy (non-hydrogen) atoms. The first-order chi connectivity index (χ1) is 8.86. The number of nitrogens with one attached hydrogen (secondary N) is 1. The summed E-state index contributed by atoms with van der Waals surface area (Å²) < 4.78 is 0. The molecule has 0 bridgehead atoms. The Morgan fingerprint density at radius 2 is 2.17 bits per heavy atom. The van der Waals surface area contributed by atoms with E-state index in [-0.39, 0.29) is 0 Å². The summed E-state index contributed by atoms with van der Waals surface area (Å²) in [5.74, 6) is 0. The molecule has 2 heterocycles. The molecule has 0 saturated carbocycles. The van der Waals surface area contributed by atoms with Gasteiger partial charge in [-0.1, -0.05) is 24.3 Å². The average Bonchev–Trinajstić information content (AvgIpc) is 2.87. The maximum Gasteiger partial charge on any atom is 0.185 e. The van der Waals surface area contributed by atoms with E-state index in [1.54, 1.807) is 11.3 Å². The molecule has 1 aromatic carbocycles. The van der Waals surface area contributed by atoms with E-state index in [1.807, 2.05) is 13.2 Å². The highest BCUT2D eigenvalue weighted by Gasteiger charge is 2.18. The number of thiazole rings is 1. The first kappa shape index (κ1) is 11.7. The van der Waals surface area contributed by atoms with Crippen molar-refractivity contribution in [2.45, 2.75) is 19.5 Å². The molecule has 0 atom stereocenters. The largest absolute Gasteiger partial charge is 0.343 e. The van der Waals surface area contributed by atoms with Gasteiger partial charge in [0.15, 0.2) is 5.13 Å². The number of benzene rings is 1. The van der Waals surface area contributed by atoms with Crippen molar-refractivity contribution in [2.24, 2.45) is 0 Å². The molecule has 3 rings (SSSR count). The van der Waals surface area contributed by atoms with Crippen LogP contribution < -0.4 is 10.2 Å². The normalized spacial score (nSPS) is 14.6. The van der Waals surface area contributed by atoms with Crippen LogP contribution in [-0.4, -0.2) is 18.6 Å². The quantitative estimate of drug-likeness (QED) is 0.917. The molecular formula is C14H17N3S. The number of fused-ring (bicyclic) bond motifs is 1. The van der Waals surface area contributed by atoms with Gasteiger partial charge in [-0.3, -0.25) is 0 Å². The predicted octanol–water partition coefficient (Wildman–Crippen LogP) is 2.43. The average molecular weight is 259 g/mol. The lowest BCUT2D eigenvalue weighted by molar-refractivity contribution is 0.729. The Kier molecular flexibility index (Phi) is 3.30. The van der Waals surface area contributed by atoms with Gasteiger partial charge in [-0.05, 0) is 24.6 Å². The number of rotatable bonds is 3. The number of nitrogens with zero attached hydrogens (tertiary/aromatic N) is 2. The maximum absolute atomic E-state index is 4.54. The van der Waals surface area contributed by atoms with Gasteiger partial charge in [-0.15, -0.1) is 11.3 Å². The number of anilines is 1. The van der Waals surface area contributed by atoms with Gasteiger partial charge in [0.1, 0.15) is 0 Å². The predicted molar refractivity (Wildman–Crippen MR) is 76.1 cm³/mol. The van der Waals surface area contributed by atoms with Crippen LogP contribution in [0.1, 0.15) is 16.0 Å². The molecule has 94 valence electrons. The van der Waals surface area contributed by atoms with Crippen molar-refractivity contribution >= 4 is 16.5 Å². The third kappa shape index (κ3) is 2.26. The maximum atomic E-state index is 4.54. The van der Waals surface area contributed by atoms with E-state index in [9.17, 15) is 0 Å². The third-order valence-electron chi connectivity index (χ3n) is 3.29. The van der Waals surface area contributed by atoms with Crippen LogP contribution in [0.4, 0.5) is 5.13 Å². The fourth-order valence-corrected chi connectivity index (χ4v) is 3.31. The monoisotopic (exact) mass is 259 g/mol. The Labute approximate surface area is 111 Å². The van der Waals surface area contributed by atoms with Crippen molar-refractivity contribution in [3.63, 3.8) is 0 Å². The Bertz CT molecular complexity index is 535. The lowest BCUT2D eigenvalue weighted by Crippen LogP contribution is -2.30. The summed E-state index contributed by atoms with van der Waals surface area (Å²) in [6.45, 7) is 2.97. The zero-order valence-electron chi connectivity index (χ0n) is 10.5. The van der Waals surface area contributed by atoms with Gasteiger partial charge in [0.25, 0.3) is 0 Å². The molecule has 3 nitrogen and oxygen atoms in total. The lowest BCUT2D eigenvalue weighted by atomic mass is 10.0. The Morgan fingerprint density at radius 1 is 1.33 bits per heavy atom. The minimum absolute atomic E-state index is 0.905. The molecule has 0 radical (unpaired) electrons. The summed E-state index contributed by atoms with van der Waals surface area (Å²) in [5.41, 5.74) is 2.93. The molecule has 0 saturated heterocycles. The van der Waals surface area contributed by atoms with Crippen molar-refractivity contribution in [3.8, 4) is 0 Å². The third-order valence-corrected chi connectivity index (χ3v) is 4.35. The number of aromatic nitrogens is 1. The van der Waals surface area contributed by atoms with Gasteiger partial charge >= 0.3 is 0 Å². The fourth-order valence-electron chi connectivity index (χ4n) is 2.36. The molecule has 0 aliphatic carbocycles. The zero-order valence-corrected chi connectivity index (χ0v) is 11.3. The molecule has 0 amide bonds. The van der Waals surface area contributed by atoms with Crippen molar-refractivity contribution in [1.29, 1.82) is 0 Å². The lowest BCUT2D eigenvalue weighted by Gasteiger charge is -2.28. The standard InChI is InChI=1S/C14H17N3S/c1-15-8-13-9-16-14(18-13)17-7-6-11-4-2-3-5-12(11)10-17/h2-5,9,15H,6-8,10H2,1H3. The van der Waals surface area contributed by atoms with Crippen LogP contribution >= 0.6 is 11.3 Å². The number of hydrogen-bond donors (Lipinski definition) is 1. The van der Waals surface area contributed by atoms with E-state index < -0.39 is 0 Å². The zero-order chi connectivity index (χ0) is 12.4. The van der Waals surface area contributed by atoms with E-state index in [1.165, 1.54) is 16.0 Å². The SMILES string of the molecule is CNCc1cnc(N2CCc3ccccc3C2)s1. The Morgan fingerprint density at radius 3 is 3.00 bits per heavy atom. The summed E-state index contributed by atoms with van der Waals surface area (Å²) >= 11 is 1.79. The second-order valence-corrected chi connectivity index (χ2v) is 5.67. The van der Waals surface area contributed by atoms with Crippen molar-refractivity contribution in [2.75, 3.05) is 18.5 Å². The van der Waals surface area contributed by atoms with E-state index in [0.717, 1.165) is 31.2 Å². The molecule has 0 spiro atoms. The fraction of sp³-hybridized carbons (Fsp3) is 0.357. The van der Waals surface area contributed by atoms with Gasteiger partial charge < -0.3 is 10.2 Å². The summed E-state index contributed by atoms with van der Waals surface area (Å²) in [4.78, 5) is 8.21. The van der Waals surface area contributed by atoms with Crippen LogP contribution in [-0.2, 0) is 19.5 Å². The van der Waals surface area contributed by atoms with Gasteiger partial charge in [-0.2, -0.15) is 0 Å². The van der Waals surface area contributed by atoms with Gasteiger partial charge in [0.2, 0.25) is 0 Å². The molecule has 1 N–H and O–H groups in total. The van der Waals surface area contributed by atoms with E-state index in [0.29, 0.717) is 0 Å². The van der Waals surface area contributed by atoms with Crippen LogP contribution in [0.5, 0.6) is 0 Å². The molecule has 1 aliphatic rings. The Balaban J connectivity index is 1.78. The Hall–Kier alpha value is -1.39. The van der Waals surface area contributed by atoms with E-state index in [4.69, 9.17) is 0 Å².